The van der Waals surface area contributed by atoms with Gasteiger partial charge < -0.3 is 24.6 Å². The van der Waals surface area contributed by atoms with Crippen LogP contribution in [-0.4, -0.2) is 46.7 Å². The Morgan fingerprint density at radius 3 is 2.94 bits per heavy atom. The van der Waals surface area contributed by atoms with Crippen molar-refractivity contribution in [2.75, 3.05) is 13.2 Å². The molecular formula is C25H29N5O4. The summed E-state index contributed by atoms with van der Waals surface area (Å²) in [5.74, 6) is 6.33. The molecule has 0 aliphatic carbocycles. The van der Waals surface area contributed by atoms with Crippen LogP contribution in [0.2, 0.25) is 0 Å². The SMILES string of the molecule is C=C/C=C(/C#Cc1ccc(C(N)=O)nc1)C(CON=C)n1ccnc1[C@H](C)OC1CCCCO1. The predicted molar refractivity (Wildman–Crippen MR) is 128 cm³/mol. The lowest BCUT2D eigenvalue weighted by atomic mass is 10.1. The van der Waals surface area contributed by atoms with Gasteiger partial charge in [-0.2, -0.15) is 0 Å². The summed E-state index contributed by atoms with van der Waals surface area (Å²) in [5, 5.41) is 3.55. The van der Waals surface area contributed by atoms with Crippen LogP contribution in [0.25, 0.3) is 0 Å². The van der Waals surface area contributed by atoms with Crippen molar-refractivity contribution in [3.8, 4) is 11.8 Å². The second kappa shape index (κ2) is 12.5. The van der Waals surface area contributed by atoms with Crippen LogP contribution >= 0.6 is 0 Å². The minimum Gasteiger partial charge on any atom is -0.394 e. The number of oxime groups is 1. The van der Waals surface area contributed by atoms with Crippen molar-refractivity contribution in [2.24, 2.45) is 10.9 Å². The van der Waals surface area contributed by atoms with E-state index in [1.807, 2.05) is 17.7 Å². The van der Waals surface area contributed by atoms with Gasteiger partial charge in [0.2, 0.25) is 0 Å². The minimum absolute atomic E-state index is 0.173. The van der Waals surface area contributed by atoms with Crippen molar-refractivity contribution in [3.63, 3.8) is 0 Å². The largest absolute Gasteiger partial charge is 0.394 e. The molecule has 1 aliphatic rings. The standard InChI is InChI=1S/C25H29N5O4/c1-4-7-20(11-9-19-10-12-21(24(26)31)29-16-19)22(17-33-27-3)30-14-13-28-25(30)18(2)34-23-8-5-6-15-32-23/h4,7,10,12-14,16,18,22-23H,1,3,5-6,8,15,17H2,2H3,(H2,26,31)/b20-7-/t18-,22?,23?/m0/s1. The summed E-state index contributed by atoms with van der Waals surface area (Å²) in [7, 11) is 0. The number of allylic oxidation sites excluding steroid dienone is 2. The normalized spacial score (nSPS) is 17.7. The quantitative estimate of drug-likeness (QED) is 0.250. The summed E-state index contributed by atoms with van der Waals surface area (Å²) < 4.78 is 13.8. The Morgan fingerprint density at radius 2 is 2.29 bits per heavy atom. The molecule has 1 saturated heterocycles. The molecule has 0 aromatic carbocycles. The zero-order valence-electron chi connectivity index (χ0n) is 19.2. The van der Waals surface area contributed by atoms with Crippen LogP contribution in [0.5, 0.6) is 0 Å². The summed E-state index contributed by atoms with van der Waals surface area (Å²) >= 11 is 0. The molecule has 3 atom stereocenters. The minimum atomic E-state index is -0.594. The molecule has 34 heavy (non-hydrogen) atoms. The van der Waals surface area contributed by atoms with Crippen LogP contribution in [0.4, 0.5) is 0 Å². The number of nitrogens with zero attached hydrogens (tertiary/aromatic N) is 4. The molecule has 9 heteroatoms. The lowest BCUT2D eigenvalue weighted by Gasteiger charge is -2.27. The van der Waals surface area contributed by atoms with Crippen LogP contribution in [0.15, 0.2) is 60.2 Å². The lowest BCUT2D eigenvalue weighted by Crippen LogP contribution is -2.26. The number of imidazole rings is 1. The zero-order valence-corrected chi connectivity index (χ0v) is 19.2. The van der Waals surface area contributed by atoms with E-state index in [0.29, 0.717) is 23.6 Å². The molecule has 1 aliphatic heterocycles. The van der Waals surface area contributed by atoms with Crippen molar-refractivity contribution in [2.45, 2.75) is 44.6 Å². The van der Waals surface area contributed by atoms with E-state index in [2.05, 4.69) is 40.3 Å². The number of rotatable bonds is 10. The smallest absolute Gasteiger partial charge is 0.267 e. The second-order valence-electron chi connectivity index (χ2n) is 7.61. The van der Waals surface area contributed by atoms with E-state index >= 15 is 0 Å². The molecule has 1 amide bonds. The molecule has 0 spiro atoms. The summed E-state index contributed by atoms with van der Waals surface area (Å²) in [5.41, 5.74) is 6.76. The van der Waals surface area contributed by atoms with Gasteiger partial charge in [-0.3, -0.25) is 4.79 Å². The van der Waals surface area contributed by atoms with Crippen LogP contribution in [0.3, 0.4) is 0 Å². The molecule has 1 fully saturated rings. The van der Waals surface area contributed by atoms with Crippen molar-refractivity contribution in [3.05, 3.63) is 72.1 Å². The molecule has 0 saturated carbocycles. The highest BCUT2D eigenvalue weighted by atomic mass is 16.7. The maximum absolute atomic E-state index is 11.2. The van der Waals surface area contributed by atoms with E-state index in [9.17, 15) is 4.79 Å². The first-order valence-electron chi connectivity index (χ1n) is 11.0. The maximum Gasteiger partial charge on any atom is 0.267 e. The Bertz CT molecular complexity index is 1070. The highest BCUT2D eigenvalue weighted by Gasteiger charge is 2.25. The predicted octanol–water partition coefficient (Wildman–Crippen LogP) is 3.32. The van der Waals surface area contributed by atoms with Gasteiger partial charge in [-0.1, -0.05) is 24.5 Å². The zero-order chi connectivity index (χ0) is 24.3. The summed E-state index contributed by atoms with van der Waals surface area (Å²) in [4.78, 5) is 25.1. The topological polar surface area (TPSA) is 114 Å². The molecule has 3 rings (SSSR count). The number of carbonyl (C=O) groups is 1. The Labute approximate surface area is 199 Å². The fourth-order valence-electron chi connectivity index (χ4n) is 3.57. The van der Waals surface area contributed by atoms with Crippen LogP contribution < -0.4 is 5.73 Å². The number of ether oxygens (including phenoxy) is 2. The summed E-state index contributed by atoms with van der Waals surface area (Å²) in [6, 6.07) is 2.85. The van der Waals surface area contributed by atoms with Crippen LogP contribution in [-0.2, 0) is 14.3 Å². The first-order chi connectivity index (χ1) is 16.5. The van der Waals surface area contributed by atoms with Gasteiger partial charge >= 0.3 is 0 Å². The van der Waals surface area contributed by atoms with Crippen molar-refractivity contribution >= 4 is 12.6 Å². The van der Waals surface area contributed by atoms with Gasteiger partial charge in [-0.05, 0) is 44.4 Å². The first-order valence-corrected chi connectivity index (χ1v) is 11.0. The fraction of sp³-hybridized carbons (Fsp3) is 0.360. The Hall–Kier alpha value is -3.74. The van der Waals surface area contributed by atoms with Gasteiger partial charge in [0.15, 0.2) is 6.29 Å². The van der Waals surface area contributed by atoms with Gasteiger partial charge in [0, 0.05) is 43.1 Å². The summed E-state index contributed by atoms with van der Waals surface area (Å²) in [6.45, 7) is 10.0. The van der Waals surface area contributed by atoms with Crippen molar-refractivity contribution < 1.29 is 19.1 Å². The number of amides is 1. The highest BCUT2D eigenvalue weighted by Crippen LogP contribution is 2.27. The molecule has 0 bridgehead atoms. The average Bonchev–Trinajstić information content (AvgIpc) is 3.33. The lowest BCUT2D eigenvalue weighted by molar-refractivity contribution is -0.188. The molecule has 178 valence electrons. The van der Waals surface area contributed by atoms with Gasteiger partial charge in [0.25, 0.3) is 5.91 Å². The van der Waals surface area contributed by atoms with E-state index in [1.54, 1.807) is 24.4 Å². The number of hydrogen-bond acceptors (Lipinski definition) is 7. The van der Waals surface area contributed by atoms with E-state index in [1.165, 1.54) is 12.3 Å². The van der Waals surface area contributed by atoms with Crippen molar-refractivity contribution in [1.29, 1.82) is 0 Å². The molecule has 2 aromatic heterocycles. The van der Waals surface area contributed by atoms with Crippen LogP contribution in [0, 0.1) is 11.8 Å². The van der Waals surface area contributed by atoms with Crippen molar-refractivity contribution in [1.82, 2.24) is 14.5 Å². The number of pyridine rings is 1. The number of aromatic nitrogens is 3. The summed E-state index contributed by atoms with van der Waals surface area (Å²) in [6.07, 6.45) is 10.9. The number of carbonyl (C=O) groups excluding carboxylic acids is 1. The van der Waals surface area contributed by atoms with Crippen LogP contribution in [0.1, 0.15) is 60.2 Å². The maximum atomic E-state index is 11.2. The highest BCUT2D eigenvalue weighted by molar-refractivity contribution is 5.90. The number of hydrogen-bond donors (Lipinski definition) is 1. The van der Waals surface area contributed by atoms with Gasteiger partial charge in [-0.25, -0.2) is 9.97 Å². The van der Waals surface area contributed by atoms with E-state index in [4.69, 9.17) is 20.0 Å². The Balaban J connectivity index is 1.88. The molecule has 9 nitrogen and oxygen atoms in total. The third-order valence-corrected chi connectivity index (χ3v) is 5.24. The van der Waals surface area contributed by atoms with E-state index < -0.39 is 5.91 Å². The van der Waals surface area contributed by atoms with E-state index in [0.717, 1.165) is 19.3 Å². The molecule has 2 unspecified atom stereocenters. The fourth-order valence-corrected chi connectivity index (χ4v) is 3.57. The second-order valence-corrected chi connectivity index (χ2v) is 7.61. The molecule has 3 heterocycles. The molecular weight excluding hydrogens is 434 g/mol. The molecule has 2 N–H and O–H groups in total. The average molecular weight is 464 g/mol. The van der Waals surface area contributed by atoms with Gasteiger partial charge in [0.1, 0.15) is 30.3 Å². The Morgan fingerprint density at radius 1 is 1.44 bits per heavy atom. The van der Waals surface area contributed by atoms with Gasteiger partial charge in [-0.15, -0.1) is 5.16 Å². The van der Waals surface area contributed by atoms with Gasteiger partial charge in [0.05, 0.1) is 0 Å². The third kappa shape index (κ3) is 6.63. The van der Waals surface area contributed by atoms with E-state index in [-0.39, 0.29) is 30.7 Å². The number of nitrogens with two attached hydrogens (primary N) is 1. The monoisotopic (exact) mass is 463 g/mol. The number of primary amides is 1. The Kier molecular flexibility index (Phi) is 9.14. The third-order valence-electron chi connectivity index (χ3n) is 5.24. The molecule has 0 radical (unpaired) electrons. The molecule has 2 aromatic rings. The first kappa shape index (κ1) is 24.9.